The van der Waals surface area contributed by atoms with Crippen molar-refractivity contribution in [2.45, 2.75) is 98.7 Å². The summed E-state index contributed by atoms with van der Waals surface area (Å²) in [6.07, 6.45) is 7.80. The Morgan fingerprint density at radius 2 is 0.748 bits per heavy atom. The van der Waals surface area contributed by atoms with Gasteiger partial charge in [-0.1, -0.05) is 303 Å². The van der Waals surface area contributed by atoms with Crippen LogP contribution in [-0.2, 0) is 43.2 Å². The summed E-state index contributed by atoms with van der Waals surface area (Å²) in [5, 5.41) is 46.1. The van der Waals surface area contributed by atoms with Crippen LogP contribution in [0.3, 0.4) is 0 Å². The van der Waals surface area contributed by atoms with Crippen LogP contribution in [-0.4, -0.2) is 91.2 Å². The number of aromatic nitrogens is 4. The van der Waals surface area contributed by atoms with E-state index in [1.165, 1.54) is 52.6 Å². The number of unbranched alkanes of at least 4 members (excludes halogenated alkanes) is 2. The molecule has 127 heavy (non-hydrogen) atoms. The predicted octanol–water partition coefficient (Wildman–Crippen LogP) is 25.3. The number of rotatable bonds is 34. The number of ketones is 5. The van der Waals surface area contributed by atoms with E-state index in [4.69, 9.17) is 24.7 Å². The normalized spacial score (nSPS) is 11.1. The number of thiophene rings is 2. The standard InChI is InChI=1S/C28H22N2O2S2.C27H23N3O2S.C26H20N2OS2.C25H24N2OS/c1-19(31)13-20-7-5-8-21(14-20)15-23(32)18-34-28-25(17-29)24(22-9-3-2-4-10-22)16-26(30-28)27-11-6-12-33-27;1-18-12-21(29-16-18)13-22(31)17-33-27-25(15-28)24(19-8-10-23(32-2)11-9-19)14-26(30-27)20-6-4-3-5-7-20;27-17-23-22(20-10-5-2-6-11-20)16-24(25-12-7-15-30-25)28-26(23)31-18-21(29)14-13-19-8-3-1-4-9-19;1-2-3-6-15-21(28)18-29-25-23(17-26)22(19-11-7-4-8-12-19)16-24(27-25)20-13-9-5-10-14-20/h2-12,14,16H,13,15,18H2,1H3;3-12,14H,13,16-17H2,1-2H3;1-12,15-16H,13-14,18H2;4-5,7-14,16H,2-3,6,15,18H2,1H3. The number of hydrogen-bond donors (Lipinski definition) is 0. The molecule has 0 aliphatic carbocycles. The minimum atomic E-state index is 0.0402. The van der Waals surface area contributed by atoms with E-state index in [9.17, 15) is 45.0 Å². The molecule has 0 spiro atoms. The van der Waals surface area contributed by atoms with E-state index in [1.807, 2.05) is 303 Å². The topological polar surface area (TPSA) is 254 Å². The maximum Gasteiger partial charge on any atom is 0.149 e. The van der Waals surface area contributed by atoms with Gasteiger partial charge in [0.15, 0.2) is 0 Å². The van der Waals surface area contributed by atoms with Crippen LogP contribution >= 0.6 is 69.7 Å². The Labute approximate surface area is 766 Å². The average molecular weight is 1780 g/mol. The first-order valence-corrected chi connectivity index (χ1v) is 47.0. The molecule has 0 fully saturated rings. The summed E-state index contributed by atoms with van der Waals surface area (Å²) in [5.74, 6) is 2.39. The van der Waals surface area contributed by atoms with Gasteiger partial charge in [0.1, 0.15) is 79.0 Å². The fourth-order valence-corrected chi connectivity index (χ4v) is 18.6. The highest BCUT2D eigenvalue weighted by atomic mass is 32.2. The smallest absolute Gasteiger partial charge is 0.149 e. The largest absolute Gasteiger partial charge is 0.497 e. The van der Waals surface area contributed by atoms with E-state index in [0.717, 1.165) is 142 Å². The van der Waals surface area contributed by atoms with E-state index >= 15 is 0 Å². The van der Waals surface area contributed by atoms with Crippen molar-refractivity contribution in [1.82, 2.24) is 19.9 Å². The van der Waals surface area contributed by atoms with Gasteiger partial charge < -0.3 is 4.74 Å². The highest BCUT2D eigenvalue weighted by Gasteiger charge is 2.24. The molecule has 8 aromatic carbocycles. The van der Waals surface area contributed by atoms with Gasteiger partial charge in [0.25, 0.3) is 0 Å². The lowest BCUT2D eigenvalue weighted by Crippen LogP contribution is -2.08. The molecule has 15 rings (SSSR count). The zero-order valence-corrected chi connectivity index (χ0v) is 75.5. The van der Waals surface area contributed by atoms with Crippen molar-refractivity contribution in [2.24, 2.45) is 4.99 Å². The van der Waals surface area contributed by atoms with Crippen LogP contribution in [0.15, 0.2) is 327 Å². The third-order valence-electron chi connectivity index (χ3n) is 20.0. The van der Waals surface area contributed by atoms with Crippen LogP contribution < -0.4 is 4.74 Å². The Morgan fingerprint density at radius 1 is 0.386 bits per heavy atom. The second-order valence-corrected chi connectivity index (χ2v) is 35.3. The Balaban J connectivity index is 0.000000154. The Morgan fingerprint density at radius 3 is 1.13 bits per heavy atom. The van der Waals surface area contributed by atoms with Crippen LogP contribution in [0.2, 0.25) is 0 Å². The van der Waals surface area contributed by atoms with Crippen LogP contribution in [0.25, 0.3) is 88.2 Å². The summed E-state index contributed by atoms with van der Waals surface area (Å²) >= 11 is 8.53. The number of methoxy groups -OCH3 is 1. The lowest BCUT2D eigenvalue weighted by atomic mass is 9.99. The number of aliphatic imine (C=N–C) groups is 1. The zero-order valence-electron chi connectivity index (χ0n) is 70.6. The molecule has 0 atom stereocenters. The number of thioether (sulfide) groups is 4. The number of ether oxygens (including phenoxy) is 1. The maximum absolute atomic E-state index is 12.8. The first-order valence-electron chi connectivity index (χ1n) is 41.3. The Bertz CT molecular complexity index is 6370. The van der Waals surface area contributed by atoms with Crippen LogP contribution in [0.4, 0.5) is 0 Å². The third-order valence-corrected chi connectivity index (χ3v) is 25.9. The fraction of sp³-hybridized carbons (Fsp3) is 0.170. The van der Waals surface area contributed by atoms with Crippen molar-refractivity contribution in [3.63, 3.8) is 0 Å². The summed E-state index contributed by atoms with van der Waals surface area (Å²) in [7, 11) is 1.62. The molecule has 0 unspecified atom stereocenters. The van der Waals surface area contributed by atoms with Gasteiger partial charge in [0.05, 0.1) is 91.4 Å². The van der Waals surface area contributed by atoms with Gasteiger partial charge in [0.2, 0.25) is 0 Å². The number of carbonyl (C=O) groups is 5. The first kappa shape index (κ1) is 92.9. The lowest BCUT2D eigenvalue weighted by Gasteiger charge is -2.13. The van der Waals surface area contributed by atoms with E-state index in [0.29, 0.717) is 86.1 Å². The summed E-state index contributed by atoms with van der Waals surface area (Å²) in [6.45, 7) is 6.36. The van der Waals surface area contributed by atoms with Crippen LogP contribution in [0.5, 0.6) is 5.75 Å². The molecule has 0 N–H and O–H groups in total. The summed E-state index contributed by atoms with van der Waals surface area (Å²) in [4.78, 5) is 87.1. The lowest BCUT2D eigenvalue weighted by molar-refractivity contribution is -0.117. The summed E-state index contributed by atoms with van der Waals surface area (Å²) in [5.41, 5.74) is 19.1. The molecular weight excluding hydrogens is 1690 g/mol. The number of hydrogen-bond acceptors (Lipinski definition) is 21. The van der Waals surface area contributed by atoms with Crippen LogP contribution in [0, 0.1) is 45.3 Å². The van der Waals surface area contributed by atoms with E-state index in [2.05, 4.69) is 36.2 Å². The van der Waals surface area contributed by atoms with Crippen molar-refractivity contribution in [2.75, 3.05) is 36.7 Å². The van der Waals surface area contributed by atoms with Gasteiger partial charge in [-0.2, -0.15) is 21.0 Å². The molecule has 0 saturated heterocycles. The Kier molecular flexibility index (Phi) is 35.3. The summed E-state index contributed by atoms with van der Waals surface area (Å²) < 4.78 is 5.27. The molecule has 0 radical (unpaired) electrons. The predicted molar refractivity (Wildman–Crippen MR) is 519 cm³/mol. The molecule has 0 saturated carbocycles. The number of Topliss-reactive ketones (excluding diaryl/α,β-unsaturated/α-hetero) is 5. The van der Waals surface area contributed by atoms with Gasteiger partial charge in [-0.05, 0) is 131 Å². The van der Waals surface area contributed by atoms with Gasteiger partial charge in [-0.25, -0.2) is 19.9 Å². The molecule has 1 aliphatic rings. The quantitative estimate of drug-likeness (QED) is 0.0268. The number of carbonyl (C=O) groups excluding carboxylic acids is 5. The van der Waals surface area contributed by atoms with Crippen LogP contribution in [0.1, 0.15) is 98.2 Å². The van der Waals surface area contributed by atoms with Gasteiger partial charge in [-0.15, -0.1) is 22.7 Å². The number of aryl methyl sites for hydroxylation is 1. The monoisotopic (exact) mass is 1780 g/mol. The molecular formula is C106H89N9O6S6. The van der Waals surface area contributed by atoms with Crippen molar-refractivity contribution in [3.05, 3.63) is 340 Å². The van der Waals surface area contributed by atoms with Crippen molar-refractivity contribution >= 4 is 104 Å². The minimum Gasteiger partial charge on any atom is -0.497 e. The summed E-state index contributed by atoms with van der Waals surface area (Å²) in [6, 6.07) is 99.5. The number of pyridine rings is 4. The maximum atomic E-state index is 12.8. The molecule has 1 aliphatic heterocycles. The molecule has 0 bridgehead atoms. The molecule has 15 nitrogen and oxygen atoms in total. The van der Waals surface area contributed by atoms with Gasteiger partial charge in [-0.3, -0.25) is 29.0 Å². The van der Waals surface area contributed by atoms with E-state index in [-0.39, 0.29) is 46.8 Å². The highest BCUT2D eigenvalue weighted by molar-refractivity contribution is 8.00. The average Bonchev–Trinajstić information content (AvgIpc) is 1.30. The number of benzene rings is 8. The van der Waals surface area contributed by atoms with Crippen molar-refractivity contribution < 1.29 is 28.7 Å². The molecule has 7 heterocycles. The van der Waals surface area contributed by atoms with Crippen molar-refractivity contribution in [1.29, 1.82) is 21.0 Å². The van der Waals surface area contributed by atoms with E-state index in [1.54, 1.807) is 36.7 Å². The van der Waals surface area contributed by atoms with Crippen molar-refractivity contribution in [3.8, 4) is 118 Å². The zero-order chi connectivity index (χ0) is 89.1. The second kappa shape index (κ2) is 48.2. The molecule has 630 valence electrons. The Hall–Kier alpha value is -13.3. The first-order chi connectivity index (χ1) is 62.1. The third kappa shape index (κ3) is 27.1. The van der Waals surface area contributed by atoms with Gasteiger partial charge in [0, 0.05) is 71.2 Å². The number of allylic oxidation sites excluding steroid dienone is 1. The number of nitrogens with zero attached hydrogens (tertiary/aromatic N) is 9. The second-order valence-electron chi connectivity index (χ2n) is 29.5. The van der Waals surface area contributed by atoms with Gasteiger partial charge >= 0.3 is 0 Å². The van der Waals surface area contributed by atoms with E-state index < -0.39 is 0 Å². The molecule has 14 aromatic rings. The molecule has 6 aromatic heterocycles. The SMILES string of the molecule is CC(=O)Cc1cccc(CC(=O)CSc2nc(-c3cccs3)cc(-c3ccccc3)c2C#N)c1.CCCCCC(=O)CSc1nc(-c2ccccc2)cc(-c2ccccc2)c1C#N.COc1ccc(-c2cc(-c3ccccc3)nc(SCC(=O)CC3=NCC(C)=C3)c2C#N)cc1.N#Cc1c(-c2ccccc2)cc(-c2cccs2)nc1SCC(=O)CCc1ccccc1. The number of nitriles is 4. The molecule has 21 heteroatoms. The fourth-order valence-electron chi connectivity index (χ4n) is 13.7. The minimum absolute atomic E-state index is 0.0402. The highest BCUT2D eigenvalue weighted by Crippen LogP contribution is 2.41. The molecule has 0 amide bonds.